The van der Waals surface area contributed by atoms with Gasteiger partial charge in [0.2, 0.25) is 0 Å². The molecule has 2 aromatic carbocycles. The van der Waals surface area contributed by atoms with E-state index < -0.39 is 30.4 Å². The van der Waals surface area contributed by atoms with Crippen molar-refractivity contribution in [3.05, 3.63) is 78.1 Å². The summed E-state index contributed by atoms with van der Waals surface area (Å²) in [5.74, 6) is -1.54. The maximum absolute atomic E-state index is 14.8. The van der Waals surface area contributed by atoms with Crippen molar-refractivity contribution < 1.29 is 21.8 Å². The van der Waals surface area contributed by atoms with Crippen LogP contribution in [0.5, 0.6) is 5.75 Å². The van der Waals surface area contributed by atoms with Gasteiger partial charge in [0.25, 0.3) is 5.91 Å². The molecule has 0 saturated carbocycles. The highest BCUT2D eigenvalue weighted by molar-refractivity contribution is 6.00. The number of carbonyl (C=O) groups excluding carboxylic acids is 1. The Balaban J connectivity index is 1.75. The van der Waals surface area contributed by atoms with Crippen molar-refractivity contribution in [2.45, 2.75) is 18.5 Å². The van der Waals surface area contributed by atoms with E-state index in [4.69, 9.17) is 18.9 Å². The topological polar surface area (TPSA) is 164 Å². The Kier molecular flexibility index (Phi) is 6.67. The summed E-state index contributed by atoms with van der Waals surface area (Å²) in [4.78, 5) is 27.1. The first kappa shape index (κ1) is 24.1. The molecule has 0 spiro atoms. The van der Waals surface area contributed by atoms with Crippen LogP contribution in [-0.2, 0) is 0 Å². The van der Waals surface area contributed by atoms with Crippen LogP contribution in [0.15, 0.2) is 61.1 Å². The molecule has 10 nitrogen and oxygen atoms in total. The number of hydrogen-bond donors (Lipinski definition) is 3. The number of pyridine rings is 1. The molecule has 0 unspecified atom stereocenters. The van der Waals surface area contributed by atoms with Crippen molar-refractivity contribution >= 4 is 11.6 Å². The van der Waals surface area contributed by atoms with Gasteiger partial charge in [-0.15, -0.1) is 0 Å². The highest BCUT2D eigenvalue weighted by Crippen LogP contribution is 2.40. The molecule has 0 radical (unpaired) electrons. The van der Waals surface area contributed by atoms with Crippen LogP contribution in [0.3, 0.4) is 0 Å². The van der Waals surface area contributed by atoms with Crippen molar-refractivity contribution in [1.29, 1.82) is 5.26 Å². The average molecular weight is 542 g/mol. The van der Waals surface area contributed by atoms with E-state index in [1.54, 1.807) is 29.2 Å². The first-order chi connectivity index (χ1) is 20.0. The second-order valence-electron chi connectivity index (χ2n) is 9.20. The molecule has 1 fully saturated rings. The van der Waals surface area contributed by atoms with Gasteiger partial charge in [0.15, 0.2) is 5.82 Å². The summed E-state index contributed by atoms with van der Waals surface area (Å²) < 4.78 is 36.2. The van der Waals surface area contributed by atoms with Crippen LogP contribution in [0, 0.1) is 17.1 Å². The van der Waals surface area contributed by atoms with Crippen molar-refractivity contribution in [2.24, 2.45) is 11.5 Å². The summed E-state index contributed by atoms with van der Waals surface area (Å²) in [5, 5.41) is 20.1. The largest absolute Gasteiger partial charge is 0.496 e. The zero-order chi connectivity index (χ0) is 30.2. The fraction of sp³-hybridized carbons (Fsp3) is 0.207. The first-order valence-corrected chi connectivity index (χ1v) is 12.3. The number of ether oxygens (including phenoxy) is 1. The van der Waals surface area contributed by atoms with E-state index in [0.29, 0.717) is 27.9 Å². The molecule has 1 aliphatic rings. The quantitative estimate of drug-likeness (QED) is 0.319. The molecule has 11 heteroatoms. The van der Waals surface area contributed by atoms with Gasteiger partial charge >= 0.3 is 0 Å². The molecule has 2 aromatic heterocycles. The number of nitrogens with zero attached hydrogens (tertiary/aromatic N) is 5. The number of methoxy groups -OCH3 is 1. The molecule has 0 bridgehead atoms. The molecule has 3 heterocycles. The maximum atomic E-state index is 14.8. The molecular weight excluding hydrogens is 513 g/mol. The summed E-state index contributed by atoms with van der Waals surface area (Å²) in [6, 6.07) is 11.5. The number of anilines is 1. The molecule has 0 aliphatic carbocycles. The van der Waals surface area contributed by atoms with E-state index in [9.17, 15) is 19.6 Å². The number of nitriles is 1. The van der Waals surface area contributed by atoms with Gasteiger partial charge < -0.3 is 26.2 Å². The normalized spacial score (nSPS) is 17.6. The smallest absolute Gasteiger partial charge is 0.268 e. The minimum atomic E-state index is -2.62. The minimum Gasteiger partial charge on any atom is -0.496 e. The van der Waals surface area contributed by atoms with E-state index >= 15 is 0 Å². The number of primary amides is 1. The SMILES string of the molecule is [2H]C([2H])(O)[C@@H]1C[C@H](N)CN1c1cc(-c2cnccc2C#N)ccc1-c1cnc(-c2c(F)cccc2OC)nc1C(N)=O. The molecule has 1 aliphatic heterocycles. The Bertz CT molecular complexity index is 1720. The third kappa shape index (κ3) is 4.82. The Labute approximate surface area is 232 Å². The Morgan fingerprint density at radius 1 is 1.27 bits per heavy atom. The molecule has 4 aromatic rings. The van der Waals surface area contributed by atoms with Crippen LogP contribution in [0.4, 0.5) is 10.1 Å². The van der Waals surface area contributed by atoms with Crippen LogP contribution >= 0.6 is 0 Å². The number of hydrogen-bond acceptors (Lipinski definition) is 9. The standard InChI is InChI=1S/C29H26FN7O3/c1-40-25-4-2-3-23(30)26(25)29-35-13-22(27(36-29)28(33)39)20-6-5-16(21-12-34-8-7-17(21)11-31)9-24(20)37-14-18(32)10-19(37)15-38/h2-9,12-13,18-19,38H,10,14-15,32H2,1H3,(H2,33,39)/t18-,19-/m0/s1/i15D2. The molecule has 1 amide bonds. The Morgan fingerprint density at radius 2 is 2.10 bits per heavy atom. The molecule has 40 heavy (non-hydrogen) atoms. The van der Waals surface area contributed by atoms with E-state index in [-0.39, 0.29) is 41.4 Å². The second-order valence-corrected chi connectivity index (χ2v) is 9.20. The summed E-state index contributed by atoms with van der Waals surface area (Å²) in [7, 11) is 1.37. The summed E-state index contributed by atoms with van der Waals surface area (Å²) >= 11 is 0. The van der Waals surface area contributed by atoms with Crippen LogP contribution in [0.2, 0.25) is 0 Å². The van der Waals surface area contributed by atoms with Crippen LogP contribution in [0.1, 0.15) is 25.2 Å². The zero-order valence-corrected chi connectivity index (χ0v) is 21.4. The molecular formula is C29H26FN7O3. The van der Waals surface area contributed by atoms with Gasteiger partial charge in [-0.3, -0.25) is 9.78 Å². The average Bonchev–Trinajstić information content (AvgIpc) is 3.38. The fourth-order valence-corrected chi connectivity index (χ4v) is 4.92. The van der Waals surface area contributed by atoms with Crippen molar-refractivity contribution in [2.75, 3.05) is 25.1 Å². The predicted octanol–water partition coefficient (Wildman–Crippen LogP) is 2.89. The summed E-state index contributed by atoms with van der Waals surface area (Å²) in [6.07, 6.45) is 4.50. The van der Waals surface area contributed by atoms with Gasteiger partial charge in [-0.2, -0.15) is 5.26 Å². The minimum absolute atomic E-state index is 0.0516. The molecule has 202 valence electrons. The van der Waals surface area contributed by atoms with Gasteiger partial charge in [-0.1, -0.05) is 18.2 Å². The highest BCUT2D eigenvalue weighted by Gasteiger charge is 2.32. The number of halogens is 1. The lowest BCUT2D eigenvalue weighted by Crippen LogP contribution is -2.33. The van der Waals surface area contributed by atoms with Gasteiger partial charge in [0.1, 0.15) is 17.3 Å². The van der Waals surface area contributed by atoms with Gasteiger partial charge in [-0.05, 0) is 36.2 Å². The van der Waals surface area contributed by atoms with Gasteiger partial charge in [-0.25, -0.2) is 14.4 Å². The molecule has 5 rings (SSSR count). The van der Waals surface area contributed by atoms with Crippen LogP contribution in [-0.4, -0.2) is 58.3 Å². The number of amides is 1. The number of nitrogens with two attached hydrogens (primary N) is 2. The number of aliphatic hydroxyl groups is 1. The van der Waals surface area contributed by atoms with Crippen molar-refractivity contribution in [3.63, 3.8) is 0 Å². The predicted molar refractivity (Wildman–Crippen MR) is 147 cm³/mol. The number of rotatable bonds is 7. The highest BCUT2D eigenvalue weighted by atomic mass is 19.1. The summed E-state index contributed by atoms with van der Waals surface area (Å²) in [5.41, 5.74) is 14.1. The van der Waals surface area contributed by atoms with E-state index in [1.807, 2.05) is 0 Å². The second kappa shape index (κ2) is 11.1. The number of carbonyl (C=O) groups is 1. The number of aromatic nitrogens is 3. The van der Waals surface area contributed by atoms with Gasteiger partial charge in [0, 0.05) is 53.6 Å². The van der Waals surface area contributed by atoms with Crippen LogP contribution < -0.4 is 21.1 Å². The third-order valence-corrected chi connectivity index (χ3v) is 6.77. The zero-order valence-electron chi connectivity index (χ0n) is 23.4. The fourth-order valence-electron chi connectivity index (χ4n) is 4.92. The van der Waals surface area contributed by atoms with E-state index in [2.05, 4.69) is 21.0 Å². The lowest BCUT2D eigenvalue weighted by atomic mass is 9.95. The van der Waals surface area contributed by atoms with Gasteiger partial charge in [0.05, 0.1) is 39.6 Å². The van der Waals surface area contributed by atoms with Crippen molar-refractivity contribution in [3.8, 4) is 45.5 Å². The molecule has 5 N–H and O–H groups in total. The Hall–Kier alpha value is -4.92. The molecule has 2 atom stereocenters. The third-order valence-electron chi connectivity index (χ3n) is 6.77. The number of benzene rings is 2. The van der Waals surface area contributed by atoms with E-state index in [0.717, 1.165) is 0 Å². The maximum Gasteiger partial charge on any atom is 0.268 e. The van der Waals surface area contributed by atoms with Crippen LogP contribution in [0.25, 0.3) is 33.6 Å². The lowest BCUT2D eigenvalue weighted by Gasteiger charge is -2.28. The first-order valence-electron chi connectivity index (χ1n) is 13.3. The monoisotopic (exact) mass is 541 g/mol. The molecule has 1 saturated heterocycles. The van der Waals surface area contributed by atoms with E-state index in [1.165, 1.54) is 43.9 Å². The Morgan fingerprint density at radius 3 is 2.83 bits per heavy atom. The lowest BCUT2D eigenvalue weighted by molar-refractivity contribution is 0.0996. The van der Waals surface area contributed by atoms with Crippen molar-refractivity contribution in [1.82, 2.24) is 15.0 Å². The summed E-state index contributed by atoms with van der Waals surface area (Å²) in [6.45, 7) is -2.45.